The fourth-order valence-electron chi connectivity index (χ4n) is 2.58. The molecule has 0 radical (unpaired) electrons. The second-order valence-electron chi connectivity index (χ2n) is 6.00. The van der Waals surface area contributed by atoms with Crippen LogP contribution < -0.4 is 10.2 Å². The Labute approximate surface area is 162 Å². The molecule has 0 atom stereocenters. The lowest BCUT2D eigenvalue weighted by molar-refractivity contribution is 0.0993. The Hall–Kier alpha value is -3.18. The van der Waals surface area contributed by atoms with Crippen LogP contribution in [0, 0.1) is 6.92 Å². The number of amides is 2. The smallest absolute Gasteiger partial charge is 0.274 e. The second-order valence-corrected chi connectivity index (χ2v) is 6.40. The first-order valence-electron chi connectivity index (χ1n) is 8.33. The van der Waals surface area contributed by atoms with Crippen LogP contribution in [-0.2, 0) is 0 Å². The molecule has 0 fully saturated rings. The Morgan fingerprint density at radius 1 is 1.04 bits per heavy atom. The van der Waals surface area contributed by atoms with Crippen LogP contribution in [-0.4, -0.2) is 23.8 Å². The lowest BCUT2D eigenvalue weighted by atomic mass is 10.1. The number of para-hydroxylation sites is 1. The Morgan fingerprint density at radius 3 is 2.52 bits per heavy atom. The van der Waals surface area contributed by atoms with Gasteiger partial charge in [-0.05, 0) is 48.9 Å². The predicted octanol–water partition coefficient (Wildman–Crippen LogP) is 4.57. The number of carbonyl (C=O) groups is 2. The average Bonchev–Trinajstić information content (AvgIpc) is 2.71. The highest BCUT2D eigenvalue weighted by atomic mass is 35.5. The quantitative estimate of drug-likeness (QED) is 0.722. The van der Waals surface area contributed by atoms with Crippen LogP contribution in [0.4, 0.5) is 11.4 Å². The van der Waals surface area contributed by atoms with Gasteiger partial charge in [-0.25, -0.2) is 0 Å². The summed E-state index contributed by atoms with van der Waals surface area (Å²) in [6.07, 6.45) is 1.45. The third kappa shape index (κ3) is 4.15. The molecule has 0 aliphatic rings. The van der Waals surface area contributed by atoms with Gasteiger partial charge in [0, 0.05) is 35.2 Å². The van der Waals surface area contributed by atoms with Crippen molar-refractivity contribution < 1.29 is 9.59 Å². The standard InChI is InChI=1S/C21H18ClN3O2/c1-14-17(22)9-6-10-18(14)24-20(26)19-13-15(11-12-23-19)21(27)25(2)16-7-4-3-5-8-16/h3-13H,1-2H3,(H,24,26). The van der Waals surface area contributed by atoms with E-state index < -0.39 is 5.91 Å². The van der Waals surface area contributed by atoms with Gasteiger partial charge in [0.2, 0.25) is 0 Å². The summed E-state index contributed by atoms with van der Waals surface area (Å²) in [5, 5.41) is 3.35. The first-order chi connectivity index (χ1) is 13.0. The largest absolute Gasteiger partial charge is 0.320 e. The first kappa shape index (κ1) is 18.6. The van der Waals surface area contributed by atoms with Crippen LogP contribution in [0.3, 0.4) is 0 Å². The molecule has 3 aromatic rings. The minimum Gasteiger partial charge on any atom is -0.320 e. The van der Waals surface area contributed by atoms with E-state index in [4.69, 9.17) is 11.6 Å². The number of rotatable bonds is 4. The molecule has 2 amide bonds. The van der Waals surface area contributed by atoms with Crippen LogP contribution in [0.5, 0.6) is 0 Å². The number of anilines is 2. The minimum atomic E-state index is -0.405. The summed E-state index contributed by atoms with van der Waals surface area (Å²) in [5.74, 6) is -0.631. The van der Waals surface area contributed by atoms with Gasteiger partial charge >= 0.3 is 0 Å². The van der Waals surface area contributed by atoms with Crippen molar-refractivity contribution >= 4 is 34.8 Å². The normalized spacial score (nSPS) is 10.3. The van der Waals surface area contributed by atoms with Crippen LogP contribution in [0.2, 0.25) is 5.02 Å². The number of hydrogen-bond acceptors (Lipinski definition) is 3. The molecular formula is C21H18ClN3O2. The van der Waals surface area contributed by atoms with Crippen molar-refractivity contribution in [2.45, 2.75) is 6.92 Å². The highest BCUT2D eigenvalue weighted by Crippen LogP contribution is 2.23. The summed E-state index contributed by atoms with van der Waals surface area (Å²) in [7, 11) is 1.69. The fourth-order valence-corrected chi connectivity index (χ4v) is 2.75. The van der Waals surface area contributed by atoms with Gasteiger partial charge < -0.3 is 10.2 Å². The highest BCUT2D eigenvalue weighted by molar-refractivity contribution is 6.31. The number of nitrogens with one attached hydrogen (secondary N) is 1. The van der Waals surface area contributed by atoms with Crippen molar-refractivity contribution in [1.82, 2.24) is 4.98 Å². The monoisotopic (exact) mass is 379 g/mol. The zero-order valence-electron chi connectivity index (χ0n) is 14.9. The molecule has 5 nitrogen and oxygen atoms in total. The SMILES string of the molecule is Cc1c(Cl)cccc1NC(=O)c1cc(C(=O)N(C)c2ccccc2)ccn1. The topological polar surface area (TPSA) is 62.3 Å². The minimum absolute atomic E-state index is 0.154. The number of pyridine rings is 1. The summed E-state index contributed by atoms with van der Waals surface area (Å²) >= 11 is 6.09. The van der Waals surface area contributed by atoms with Crippen molar-refractivity contribution in [3.63, 3.8) is 0 Å². The molecule has 27 heavy (non-hydrogen) atoms. The number of halogens is 1. The van der Waals surface area contributed by atoms with Gasteiger partial charge in [-0.15, -0.1) is 0 Å². The lowest BCUT2D eigenvalue weighted by Gasteiger charge is -2.17. The van der Waals surface area contributed by atoms with Crippen LogP contribution >= 0.6 is 11.6 Å². The van der Waals surface area contributed by atoms with Crippen LogP contribution in [0.15, 0.2) is 66.9 Å². The van der Waals surface area contributed by atoms with Crippen LogP contribution in [0.1, 0.15) is 26.4 Å². The zero-order chi connectivity index (χ0) is 19.4. The molecule has 1 N–H and O–H groups in total. The van der Waals surface area contributed by atoms with E-state index in [9.17, 15) is 9.59 Å². The first-order valence-corrected chi connectivity index (χ1v) is 8.71. The van der Waals surface area contributed by atoms with E-state index in [2.05, 4.69) is 10.3 Å². The van der Waals surface area contributed by atoms with Gasteiger partial charge in [0.05, 0.1) is 0 Å². The maximum atomic E-state index is 12.7. The van der Waals surface area contributed by atoms with E-state index >= 15 is 0 Å². The van der Waals surface area contributed by atoms with E-state index in [1.165, 1.54) is 17.2 Å². The molecule has 0 aliphatic carbocycles. The number of hydrogen-bond donors (Lipinski definition) is 1. The third-order valence-electron chi connectivity index (χ3n) is 4.20. The molecule has 0 spiro atoms. The maximum absolute atomic E-state index is 12.7. The van der Waals surface area contributed by atoms with E-state index in [0.717, 1.165) is 11.3 Å². The van der Waals surface area contributed by atoms with E-state index in [1.54, 1.807) is 31.3 Å². The fraction of sp³-hybridized carbons (Fsp3) is 0.0952. The number of benzene rings is 2. The third-order valence-corrected chi connectivity index (χ3v) is 4.61. The molecule has 0 unspecified atom stereocenters. The molecule has 6 heteroatoms. The Bertz CT molecular complexity index is 990. The molecule has 1 aromatic heterocycles. The van der Waals surface area contributed by atoms with Crippen molar-refractivity contribution in [1.29, 1.82) is 0 Å². The van der Waals surface area contributed by atoms with Gasteiger partial charge in [0.25, 0.3) is 11.8 Å². The molecule has 2 aromatic carbocycles. The Balaban J connectivity index is 1.81. The number of aromatic nitrogens is 1. The summed E-state index contributed by atoms with van der Waals surface area (Å²) < 4.78 is 0. The van der Waals surface area contributed by atoms with Gasteiger partial charge in [-0.2, -0.15) is 0 Å². The molecule has 136 valence electrons. The van der Waals surface area contributed by atoms with E-state index in [0.29, 0.717) is 16.3 Å². The molecule has 0 bridgehead atoms. The number of nitrogens with zero attached hydrogens (tertiary/aromatic N) is 2. The van der Waals surface area contributed by atoms with Crippen molar-refractivity contribution in [2.24, 2.45) is 0 Å². The van der Waals surface area contributed by atoms with Crippen molar-refractivity contribution in [2.75, 3.05) is 17.3 Å². The molecule has 0 saturated heterocycles. The van der Waals surface area contributed by atoms with E-state index in [1.807, 2.05) is 37.3 Å². The maximum Gasteiger partial charge on any atom is 0.274 e. The molecular weight excluding hydrogens is 362 g/mol. The van der Waals surface area contributed by atoms with Gasteiger partial charge in [-0.1, -0.05) is 35.9 Å². The summed E-state index contributed by atoms with van der Waals surface area (Å²) in [6, 6.07) is 17.6. The van der Waals surface area contributed by atoms with E-state index in [-0.39, 0.29) is 11.6 Å². The molecule has 0 aliphatic heterocycles. The Kier molecular flexibility index (Phi) is 5.52. The van der Waals surface area contributed by atoms with Crippen LogP contribution in [0.25, 0.3) is 0 Å². The predicted molar refractivity (Wildman–Crippen MR) is 108 cm³/mol. The molecule has 0 saturated carbocycles. The van der Waals surface area contributed by atoms with Crippen molar-refractivity contribution in [3.05, 3.63) is 88.7 Å². The average molecular weight is 380 g/mol. The summed E-state index contributed by atoms with van der Waals surface area (Å²) in [6.45, 7) is 1.82. The van der Waals surface area contributed by atoms with Gasteiger partial charge in [-0.3, -0.25) is 14.6 Å². The number of carbonyl (C=O) groups excluding carboxylic acids is 2. The van der Waals surface area contributed by atoms with Gasteiger partial charge in [0.1, 0.15) is 5.69 Å². The molecule has 3 rings (SSSR count). The van der Waals surface area contributed by atoms with Gasteiger partial charge in [0.15, 0.2) is 0 Å². The molecule has 1 heterocycles. The lowest BCUT2D eigenvalue weighted by Crippen LogP contribution is -2.26. The summed E-state index contributed by atoms with van der Waals surface area (Å²) in [5.41, 5.74) is 2.67. The highest BCUT2D eigenvalue weighted by Gasteiger charge is 2.17. The Morgan fingerprint density at radius 2 is 1.78 bits per heavy atom. The van der Waals surface area contributed by atoms with Crippen molar-refractivity contribution in [3.8, 4) is 0 Å². The summed E-state index contributed by atoms with van der Waals surface area (Å²) in [4.78, 5) is 30.9. The second kappa shape index (κ2) is 8.01. The zero-order valence-corrected chi connectivity index (χ0v) is 15.7.